The molecule has 0 spiro atoms. The lowest BCUT2D eigenvalue weighted by Crippen LogP contribution is -2.09. The Morgan fingerprint density at radius 2 is 0.938 bits per heavy atom. The molecular weight excluding hydrogens is 256 g/mol. The van der Waals surface area contributed by atoms with Crippen molar-refractivity contribution in [3.8, 4) is 0 Å². The molecule has 100 valence electrons. The van der Waals surface area contributed by atoms with Crippen LogP contribution in [0.15, 0.2) is 0 Å². The fourth-order valence-corrected chi connectivity index (χ4v) is 2.53. The van der Waals surface area contributed by atoms with Crippen molar-refractivity contribution in [2.45, 2.75) is 27.7 Å². The van der Waals surface area contributed by atoms with Gasteiger partial charge < -0.3 is 0 Å². The van der Waals surface area contributed by atoms with Gasteiger partial charge in [-0.25, -0.2) is 0 Å². The largest absolute Gasteiger partial charge is 0.286 e. The SMILES string of the molecule is CC(C)CS(=O)(=O)O.CC(C)CS(=O)(=O)O. The number of hydrogen-bond acceptors (Lipinski definition) is 4. The predicted octanol–water partition coefficient (Wildman–Crippen LogP) is 1.06. The van der Waals surface area contributed by atoms with E-state index in [2.05, 4.69) is 0 Å². The average Bonchev–Trinajstić information content (AvgIpc) is 1.72. The van der Waals surface area contributed by atoms with Gasteiger partial charge in [0.1, 0.15) is 0 Å². The second kappa shape index (κ2) is 7.21. The van der Waals surface area contributed by atoms with Crippen LogP contribution in [-0.4, -0.2) is 37.4 Å². The fourth-order valence-electron chi connectivity index (χ4n) is 0.842. The molecule has 0 bridgehead atoms. The molecule has 0 aliphatic heterocycles. The van der Waals surface area contributed by atoms with Crippen LogP contribution in [0.25, 0.3) is 0 Å². The molecule has 0 saturated heterocycles. The number of rotatable bonds is 4. The van der Waals surface area contributed by atoms with Crippen LogP contribution in [0.3, 0.4) is 0 Å². The molecule has 0 unspecified atom stereocenters. The third kappa shape index (κ3) is 23.6. The van der Waals surface area contributed by atoms with Crippen LogP contribution >= 0.6 is 0 Å². The van der Waals surface area contributed by atoms with Crippen LogP contribution < -0.4 is 0 Å². The normalized spacial score (nSPS) is 12.5. The minimum absolute atomic E-state index is 0.00463. The second-order valence-electron chi connectivity index (χ2n) is 4.28. The highest BCUT2D eigenvalue weighted by molar-refractivity contribution is 7.86. The molecule has 0 fully saturated rings. The van der Waals surface area contributed by atoms with Crippen molar-refractivity contribution in [1.82, 2.24) is 0 Å². The summed E-state index contributed by atoms with van der Waals surface area (Å²) in [7, 11) is -7.45. The molecule has 6 nitrogen and oxygen atoms in total. The Bertz CT molecular complexity index is 327. The standard InChI is InChI=1S/2C4H10O3S/c2*1-4(2)3-8(5,6)7/h2*4H,3H2,1-2H3,(H,5,6,7). The summed E-state index contributed by atoms with van der Waals surface area (Å²) in [5, 5.41) is 0. The summed E-state index contributed by atoms with van der Waals surface area (Å²) < 4.78 is 56.3. The number of hydrogen-bond donors (Lipinski definition) is 2. The van der Waals surface area contributed by atoms with Crippen LogP contribution in [0.5, 0.6) is 0 Å². The molecule has 0 amide bonds. The smallest absolute Gasteiger partial charge is 0.265 e. The highest BCUT2D eigenvalue weighted by Gasteiger charge is 2.06. The molecule has 0 saturated carbocycles. The summed E-state index contributed by atoms with van der Waals surface area (Å²) in [4.78, 5) is 0. The summed E-state index contributed by atoms with van der Waals surface area (Å²) in [5.74, 6) is -0.282. The predicted molar refractivity (Wildman–Crippen MR) is 62.5 cm³/mol. The van der Waals surface area contributed by atoms with E-state index >= 15 is 0 Å². The van der Waals surface area contributed by atoms with Crippen molar-refractivity contribution in [2.75, 3.05) is 11.5 Å². The molecule has 0 aromatic carbocycles. The van der Waals surface area contributed by atoms with Crippen LogP contribution in [0.2, 0.25) is 0 Å². The van der Waals surface area contributed by atoms with Crippen LogP contribution in [0.1, 0.15) is 27.7 Å². The highest BCUT2D eigenvalue weighted by Crippen LogP contribution is 1.95. The van der Waals surface area contributed by atoms with Crippen LogP contribution in [0.4, 0.5) is 0 Å². The lowest BCUT2D eigenvalue weighted by Gasteiger charge is -1.97. The molecule has 16 heavy (non-hydrogen) atoms. The Labute approximate surface area is 97.6 Å². The molecule has 0 heterocycles. The molecule has 0 radical (unpaired) electrons. The van der Waals surface area contributed by atoms with E-state index in [1.807, 2.05) is 0 Å². The molecular formula is C8H20O6S2. The van der Waals surface area contributed by atoms with Crippen LogP contribution in [-0.2, 0) is 20.2 Å². The van der Waals surface area contributed by atoms with Gasteiger partial charge in [0.2, 0.25) is 0 Å². The molecule has 0 aromatic heterocycles. The van der Waals surface area contributed by atoms with Gasteiger partial charge in [-0.15, -0.1) is 0 Å². The quantitative estimate of drug-likeness (QED) is 0.743. The van der Waals surface area contributed by atoms with Gasteiger partial charge in [-0.1, -0.05) is 27.7 Å². The van der Waals surface area contributed by atoms with Gasteiger partial charge in [-0.2, -0.15) is 16.8 Å². The van der Waals surface area contributed by atoms with Gasteiger partial charge in [0.25, 0.3) is 20.2 Å². The van der Waals surface area contributed by atoms with E-state index in [9.17, 15) is 16.8 Å². The molecule has 0 aromatic rings. The first-order valence-electron chi connectivity index (χ1n) is 4.74. The zero-order valence-electron chi connectivity index (χ0n) is 9.91. The maximum absolute atomic E-state index is 10.00. The van der Waals surface area contributed by atoms with Crippen molar-refractivity contribution in [1.29, 1.82) is 0 Å². The summed E-state index contributed by atoms with van der Waals surface area (Å²) in [6, 6.07) is 0. The minimum atomic E-state index is -3.72. The maximum Gasteiger partial charge on any atom is 0.265 e. The first kappa shape index (κ1) is 18.2. The fraction of sp³-hybridized carbons (Fsp3) is 1.00. The third-order valence-corrected chi connectivity index (χ3v) is 3.26. The van der Waals surface area contributed by atoms with E-state index in [1.165, 1.54) is 0 Å². The zero-order valence-corrected chi connectivity index (χ0v) is 11.5. The Morgan fingerprint density at radius 3 is 0.938 bits per heavy atom. The molecule has 0 aliphatic carbocycles. The Kier molecular flexibility index (Phi) is 8.19. The van der Waals surface area contributed by atoms with E-state index in [0.29, 0.717) is 0 Å². The van der Waals surface area contributed by atoms with Crippen molar-refractivity contribution in [2.24, 2.45) is 11.8 Å². The monoisotopic (exact) mass is 276 g/mol. The Morgan fingerprint density at radius 1 is 0.750 bits per heavy atom. The summed E-state index contributed by atoms with van der Waals surface area (Å²) in [6.45, 7) is 6.92. The van der Waals surface area contributed by atoms with E-state index < -0.39 is 20.2 Å². The van der Waals surface area contributed by atoms with E-state index in [1.54, 1.807) is 27.7 Å². The van der Waals surface area contributed by atoms with E-state index in [-0.39, 0.29) is 23.3 Å². The van der Waals surface area contributed by atoms with Crippen LogP contribution in [0, 0.1) is 11.8 Å². The zero-order chi connectivity index (χ0) is 13.6. The molecule has 8 heteroatoms. The molecule has 2 N–H and O–H groups in total. The maximum atomic E-state index is 10.00. The van der Waals surface area contributed by atoms with Gasteiger partial charge in [-0.3, -0.25) is 9.11 Å². The second-order valence-corrected chi connectivity index (χ2v) is 7.28. The van der Waals surface area contributed by atoms with Gasteiger partial charge >= 0.3 is 0 Å². The first-order chi connectivity index (χ1) is 6.83. The van der Waals surface area contributed by atoms with E-state index in [0.717, 1.165) is 0 Å². The highest BCUT2D eigenvalue weighted by atomic mass is 32.2. The van der Waals surface area contributed by atoms with Crippen molar-refractivity contribution < 1.29 is 25.9 Å². The minimum Gasteiger partial charge on any atom is -0.286 e. The first-order valence-corrected chi connectivity index (χ1v) is 7.95. The molecule has 0 rings (SSSR count). The Hall–Kier alpha value is -0.180. The topological polar surface area (TPSA) is 109 Å². The van der Waals surface area contributed by atoms with E-state index in [4.69, 9.17) is 9.11 Å². The summed E-state index contributed by atoms with van der Waals surface area (Å²) >= 11 is 0. The molecule has 0 aliphatic rings. The lowest BCUT2D eigenvalue weighted by molar-refractivity contribution is 0.471. The average molecular weight is 276 g/mol. The lowest BCUT2D eigenvalue weighted by atomic mass is 10.3. The molecule has 0 atom stereocenters. The van der Waals surface area contributed by atoms with Crippen molar-refractivity contribution in [3.05, 3.63) is 0 Å². The van der Waals surface area contributed by atoms with Gasteiger partial charge in [0.15, 0.2) is 0 Å². The van der Waals surface area contributed by atoms with Gasteiger partial charge in [0, 0.05) is 0 Å². The van der Waals surface area contributed by atoms with Gasteiger partial charge in [0.05, 0.1) is 11.5 Å². The Balaban J connectivity index is 0. The summed E-state index contributed by atoms with van der Waals surface area (Å²) in [6.07, 6.45) is 0. The summed E-state index contributed by atoms with van der Waals surface area (Å²) in [5.41, 5.74) is 0. The third-order valence-electron chi connectivity index (χ3n) is 1.09. The van der Waals surface area contributed by atoms with Gasteiger partial charge in [-0.05, 0) is 11.8 Å². The van der Waals surface area contributed by atoms with Crippen molar-refractivity contribution in [3.63, 3.8) is 0 Å². The van der Waals surface area contributed by atoms with Crippen molar-refractivity contribution >= 4 is 20.2 Å².